The number of primary amides is 2. The van der Waals surface area contributed by atoms with Crippen molar-refractivity contribution in [3.05, 3.63) is 60.2 Å². The van der Waals surface area contributed by atoms with Crippen molar-refractivity contribution in [1.29, 1.82) is 0 Å². The third-order valence-corrected chi connectivity index (χ3v) is 4.13. The Bertz CT molecular complexity index is 1190. The zero-order chi connectivity index (χ0) is 23.4. The van der Waals surface area contributed by atoms with E-state index in [1.54, 1.807) is 30.3 Å². The van der Waals surface area contributed by atoms with Crippen LogP contribution in [0, 0.1) is 0 Å². The summed E-state index contributed by atoms with van der Waals surface area (Å²) in [6.07, 6.45) is 0. The molecule has 164 valence electrons. The maximum Gasteiger partial charge on any atom is 0.335 e. The van der Waals surface area contributed by atoms with Crippen molar-refractivity contribution in [1.82, 2.24) is 9.78 Å². The van der Waals surface area contributed by atoms with Crippen LogP contribution in [0.4, 0.5) is 32.6 Å². The fourth-order valence-electron chi connectivity index (χ4n) is 2.59. The van der Waals surface area contributed by atoms with E-state index in [2.05, 4.69) is 15.3 Å². The Hall–Kier alpha value is -4.82. The van der Waals surface area contributed by atoms with Crippen LogP contribution < -0.4 is 33.2 Å². The summed E-state index contributed by atoms with van der Waals surface area (Å²) in [7, 11) is 0. The molecular weight excluding hydrogens is 420 g/mol. The van der Waals surface area contributed by atoms with Crippen molar-refractivity contribution in [3.63, 3.8) is 0 Å². The SMILES string of the molecule is NC(=O)N(N)c1nn(-c2ccc(C(=O)O)cc2)c(N(N)C(N)=O)c1N=Nc1ccccc1. The quantitative estimate of drug-likeness (QED) is 0.165. The van der Waals surface area contributed by atoms with E-state index in [0.29, 0.717) is 15.7 Å². The van der Waals surface area contributed by atoms with Crippen LogP contribution in [0.3, 0.4) is 0 Å². The second-order valence-corrected chi connectivity index (χ2v) is 6.21. The number of azo groups is 1. The van der Waals surface area contributed by atoms with Gasteiger partial charge in [-0.2, -0.15) is 5.11 Å². The number of carboxylic acid groups (broad SMARTS) is 1. The van der Waals surface area contributed by atoms with Gasteiger partial charge in [-0.25, -0.2) is 40.8 Å². The van der Waals surface area contributed by atoms with Crippen molar-refractivity contribution in [2.45, 2.75) is 0 Å². The van der Waals surface area contributed by atoms with Gasteiger partial charge in [0.1, 0.15) is 0 Å². The standard InChI is InChI=1S/C18H18N10O4/c19-17(31)26(21)14-13(24-23-11-4-2-1-3-5-11)15(27(22)18(20)32)28(25-14)12-8-6-10(7-9-12)16(29)30/h1-9H,21-22H2,(H2,19,31)(H2,20,32)(H,29,30). The summed E-state index contributed by atoms with van der Waals surface area (Å²) in [6, 6.07) is 11.7. The molecule has 0 fully saturated rings. The van der Waals surface area contributed by atoms with Gasteiger partial charge in [0.05, 0.1) is 16.9 Å². The minimum atomic E-state index is -1.14. The molecule has 0 aliphatic heterocycles. The Morgan fingerprint density at radius 2 is 1.47 bits per heavy atom. The number of nitrogens with two attached hydrogens (primary N) is 4. The van der Waals surface area contributed by atoms with Crippen LogP contribution in [-0.4, -0.2) is 32.9 Å². The number of aromatic carboxylic acids is 1. The Kier molecular flexibility index (Phi) is 6.09. The van der Waals surface area contributed by atoms with Gasteiger partial charge in [0, 0.05) is 0 Å². The molecule has 0 aliphatic rings. The predicted molar refractivity (Wildman–Crippen MR) is 114 cm³/mol. The normalized spacial score (nSPS) is 10.8. The van der Waals surface area contributed by atoms with Gasteiger partial charge in [0.15, 0.2) is 11.5 Å². The molecule has 14 nitrogen and oxygen atoms in total. The molecule has 3 aromatic rings. The van der Waals surface area contributed by atoms with Crippen LogP contribution in [-0.2, 0) is 0 Å². The van der Waals surface area contributed by atoms with Crippen LogP contribution in [0.25, 0.3) is 5.69 Å². The molecule has 14 heteroatoms. The third-order valence-electron chi connectivity index (χ3n) is 4.13. The maximum absolute atomic E-state index is 11.9. The first-order valence-electron chi connectivity index (χ1n) is 8.82. The zero-order valence-corrected chi connectivity index (χ0v) is 16.4. The van der Waals surface area contributed by atoms with Gasteiger partial charge >= 0.3 is 18.0 Å². The van der Waals surface area contributed by atoms with Gasteiger partial charge in [-0.3, -0.25) is 0 Å². The molecule has 0 spiro atoms. The van der Waals surface area contributed by atoms with Crippen molar-refractivity contribution in [2.24, 2.45) is 33.4 Å². The van der Waals surface area contributed by atoms with Crippen molar-refractivity contribution in [2.75, 3.05) is 10.0 Å². The minimum absolute atomic E-state index is 0.00348. The molecule has 0 unspecified atom stereocenters. The highest BCUT2D eigenvalue weighted by molar-refractivity contribution is 5.98. The number of carbonyl (C=O) groups excluding carboxylic acids is 2. The lowest BCUT2D eigenvalue weighted by molar-refractivity contribution is 0.0697. The number of benzene rings is 2. The molecule has 2 aromatic carbocycles. The van der Waals surface area contributed by atoms with Gasteiger partial charge in [0.2, 0.25) is 5.82 Å². The largest absolute Gasteiger partial charge is 0.478 e. The molecule has 0 saturated carbocycles. The maximum atomic E-state index is 11.9. The second kappa shape index (κ2) is 8.90. The fraction of sp³-hybridized carbons (Fsp3) is 0. The number of aromatic nitrogens is 2. The molecule has 9 N–H and O–H groups in total. The van der Waals surface area contributed by atoms with Crippen LogP contribution >= 0.6 is 0 Å². The highest BCUT2D eigenvalue weighted by Gasteiger charge is 2.29. The predicted octanol–water partition coefficient (Wildman–Crippen LogP) is 1.50. The molecule has 32 heavy (non-hydrogen) atoms. The molecule has 0 atom stereocenters. The summed E-state index contributed by atoms with van der Waals surface area (Å²) in [4.78, 5) is 34.7. The number of carboxylic acids is 1. The van der Waals surface area contributed by atoms with Crippen LogP contribution in [0.1, 0.15) is 10.4 Å². The average Bonchev–Trinajstić information content (AvgIpc) is 3.16. The monoisotopic (exact) mass is 438 g/mol. The Labute approximate surface area is 180 Å². The van der Waals surface area contributed by atoms with Crippen LogP contribution in [0.15, 0.2) is 64.8 Å². The average molecular weight is 438 g/mol. The van der Waals surface area contributed by atoms with E-state index in [0.717, 1.165) is 4.68 Å². The number of anilines is 2. The lowest BCUT2D eigenvalue weighted by Gasteiger charge is -2.16. The topological polar surface area (TPSA) is 225 Å². The van der Waals surface area contributed by atoms with Gasteiger partial charge < -0.3 is 16.6 Å². The third kappa shape index (κ3) is 4.35. The first-order valence-corrected chi connectivity index (χ1v) is 8.82. The number of amides is 4. The summed E-state index contributed by atoms with van der Waals surface area (Å²) in [5, 5.41) is 22.4. The summed E-state index contributed by atoms with van der Waals surface area (Å²) < 4.78 is 1.09. The van der Waals surface area contributed by atoms with E-state index in [1.807, 2.05) is 0 Å². The lowest BCUT2D eigenvalue weighted by atomic mass is 10.2. The zero-order valence-electron chi connectivity index (χ0n) is 16.4. The number of carbonyl (C=O) groups is 3. The first kappa shape index (κ1) is 21.9. The number of hydrazine groups is 2. The highest BCUT2D eigenvalue weighted by Crippen LogP contribution is 2.39. The van der Waals surface area contributed by atoms with Gasteiger partial charge in [-0.05, 0) is 36.4 Å². The number of hydrogen-bond donors (Lipinski definition) is 5. The summed E-state index contributed by atoms with van der Waals surface area (Å²) in [5.41, 5.74) is 11.1. The Balaban J connectivity index is 2.26. The van der Waals surface area contributed by atoms with Crippen molar-refractivity contribution < 1.29 is 19.5 Å². The van der Waals surface area contributed by atoms with E-state index in [9.17, 15) is 14.4 Å². The Morgan fingerprint density at radius 1 is 0.875 bits per heavy atom. The van der Waals surface area contributed by atoms with Crippen molar-refractivity contribution >= 4 is 41.0 Å². The molecule has 4 amide bonds. The molecule has 1 heterocycles. The van der Waals surface area contributed by atoms with E-state index in [-0.39, 0.29) is 28.6 Å². The van der Waals surface area contributed by atoms with Gasteiger partial charge in [-0.15, -0.1) is 10.2 Å². The summed E-state index contributed by atoms with van der Waals surface area (Å²) in [6.45, 7) is 0. The number of hydrogen-bond acceptors (Lipinski definition) is 8. The summed E-state index contributed by atoms with van der Waals surface area (Å²) >= 11 is 0. The number of nitrogens with zero attached hydrogens (tertiary/aromatic N) is 6. The molecule has 0 bridgehead atoms. The number of rotatable bonds is 6. The minimum Gasteiger partial charge on any atom is -0.478 e. The van der Waals surface area contributed by atoms with Crippen LogP contribution in [0.2, 0.25) is 0 Å². The van der Waals surface area contributed by atoms with E-state index < -0.39 is 18.0 Å². The van der Waals surface area contributed by atoms with E-state index in [4.69, 9.17) is 28.3 Å². The first-order chi connectivity index (χ1) is 15.2. The van der Waals surface area contributed by atoms with E-state index >= 15 is 0 Å². The molecule has 0 aliphatic carbocycles. The molecule has 1 aromatic heterocycles. The lowest BCUT2D eigenvalue weighted by Crippen LogP contribution is -2.43. The van der Waals surface area contributed by atoms with Crippen molar-refractivity contribution in [3.8, 4) is 5.69 Å². The van der Waals surface area contributed by atoms with Crippen LogP contribution in [0.5, 0.6) is 0 Å². The Morgan fingerprint density at radius 3 is 2.00 bits per heavy atom. The molecule has 3 rings (SSSR count). The van der Waals surface area contributed by atoms with Gasteiger partial charge in [-0.1, -0.05) is 18.2 Å². The molecule has 0 radical (unpaired) electrons. The highest BCUT2D eigenvalue weighted by atomic mass is 16.4. The summed E-state index contributed by atoms with van der Waals surface area (Å²) in [5.74, 6) is 9.94. The smallest absolute Gasteiger partial charge is 0.335 e. The number of urea groups is 2. The molecule has 0 saturated heterocycles. The fourth-order valence-corrected chi connectivity index (χ4v) is 2.59. The second-order valence-electron chi connectivity index (χ2n) is 6.21. The molecular formula is C18H18N10O4. The van der Waals surface area contributed by atoms with E-state index in [1.165, 1.54) is 24.3 Å². The van der Waals surface area contributed by atoms with Gasteiger partial charge in [0.25, 0.3) is 0 Å².